The van der Waals surface area contributed by atoms with Crippen LogP contribution in [0, 0.1) is 0 Å². The van der Waals surface area contributed by atoms with Crippen molar-refractivity contribution in [3.8, 4) is 0 Å². The second kappa shape index (κ2) is 10.6. The molecule has 6 nitrogen and oxygen atoms in total. The van der Waals surface area contributed by atoms with Gasteiger partial charge in [0.2, 0.25) is 0 Å². The molecule has 1 aliphatic carbocycles. The van der Waals surface area contributed by atoms with Gasteiger partial charge >= 0.3 is 0 Å². The SMILES string of the molecule is COCCN1CCC(NC(=NCCc2ccco2)NC2CCCC2)CC1. The molecule has 1 saturated carbocycles. The molecule has 0 bridgehead atoms. The van der Waals surface area contributed by atoms with Crippen LogP contribution in [0.25, 0.3) is 0 Å². The maximum absolute atomic E-state index is 5.42. The zero-order chi connectivity index (χ0) is 18.0. The summed E-state index contributed by atoms with van der Waals surface area (Å²) in [6.45, 7) is 4.87. The van der Waals surface area contributed by atoms with Gasteiger partial charge in [0.05, 0.1) is 12.9 Å². The van der Waals surface area contributed by atoms with Crippen LogP contribution in [0.5, 0.6) is 0 Å². The third-order valence-electron chi connectivity index (χ3n) is 5.44. The van der Waals surface area contributed by atoms with Gasteiger partial charge in [0, 0.05) is 51.8 Å². The minimum absolute atomic E-state index is 0.505. The fourth-order valence-corrected chi connectivity index (χ4v) is 3.84. The lowest BCUT2D eigenvalue weighted by atomic mass is 10.1. The van der Waals surface area contributed by atoms with Crippen LogP contribution in [-0.4, -0.2) is 62.8 Å². The van der Waals surface area contributed by atoms with Gasteiger partial charge in [0.1, 0.15) is 5.76 Å². The molecule has 2 heterocycles. The van der Waals surface area contributed by atoms with Gasteiger partial charge in [-0.25, -0.2) is 0 Å². The van der Waals surface area contributed by atoms with Crippen LogP contribution in [-0.2, 0) is 11.2 Å². The van der Waals surface area contributed by atoms with Crippen molar-refractivity contribution in [1.29, 1.82) is 0 Å². The molecule has 1 aromatic heterocycles. The maximum atomic E-state index is 5.42. The number of furan rings is 1. The summed E-state index contributed by atoms with van der Waals surface area (Å²) in [4.78, 5) is 7.31. The number of nitrogens with zero attached hydrogens (tertiary/aromatic N) is 2. The molecule has 0 atom stereocenters. The molecular formula is C20H34N4O2. The minimum atomic E-state index is 0.505. The van der Waals surface area contributed by atoms with E-state index >= 15 is 0 Å². The summed E-state index contributed by atoms with van der Waals surface area (Å²) in [5, 5.41) is 7.35. The van der Waals surface area contributed by atoms with Crippen LogP contribution in [0.1, 0.15) is 44.3 Å². The lowest BCUT2D eigenvalue weighted by Gasteiger charge is -2.33. The van der Waals surface area contributed by atoms with E-state index in [9.17, 15) is 0 Å². The molecule has 1 saturated heterocycles. The zero-order valence-corrected chi connectivity index (χ0v) is 16.1. The van der Waals surface area contributed by atoms with Crippen LogP contribution < -0.4 is 10.6 Å². The van der Waals surface area contributed by atoms with Crippen LogP contribution >= 0.6 is 0 Å². The third kappa shape index (κ3) is 6.32. The Morgan fingerprint density at radius 3 is 2.58 bits per heavy atom. The topological polar surface area (TPSA) is 62.0 Å². The van der Waals surface area contributed by atoms with Crippen LogP contribution in [0.4, 0.5) is 0 Å². The third-order valence-corrected chi connectivity index (χ3v) is 5.44. The predicted octanol–water partition coefficient (Wildman–Crippen LogP) is 2.41. The van der Waals surface area contributed by atoms with Crippen molar-refractivity contribution >= 4 is 5.96 Å². The van der Waals surface area contributed by atoms with E-state index < -0.39 is 0 Å². The van der Waals surface area contributed by atoms with E-state index in [-0.39, 0.29) is 0 Å². The van der Waals surface area contributed by atoms with E-state index in [1.54, 1.807) is 13.4 Å². The van der Waals surface area contributed by atoms with Crippen molar-refractivity contribution < 1.29 is 9.15 Å². The van der Waals surface area contributed by atoms with Gasteiger partial charge in [-0.15, -0.1) is 0 Å². The summed E-state index contributed by atoms with van der Waals surface area (Å²) >= 11 is 0. The molecule has 146 valence electrons. The Balaban J connectivity index is 1.48. The Morgan fingerprint density at radius 2 is 1.92 bits per heavy atom. The van der Waals surface area contributed by atoms with Gasteiger partial charge in [-0.3, -0.25) is 4.99 Å². The Labute approximate surface area is 157 Å². The summed E-state index contributed by atoms with van der Waals surface area (Å²) in [5.74, 6) is 1.99. The number of hydrogen-bond donors (Lipinski definition) is 2. The number of rotatable bonds is 8. The van der Waals surface area contributed by atoms with Gasteiger partial charge in [0.15, 0.2) is 5.96 Å². The molecule has 2 aliphatic rings. The number of piperidine rings is 1. The second-order valence-corrected chi connectivity index (χ2v) is 7.44. The standard InChI is InChI=1S/C20H34N4O2/c1-25-16-14-24-12-9-18(10-13-24)23-20(22-17-5-2-3-6-17)21-11-8-19-7-4-15-26-19/h4,7,15,17-18H,2-3,5-6,8-14,16H2,1H3,(H2,21,22,23). The molecule has 26 heavy (non-hydrogen) atoms. The van der Waals surface area contributed by atoms with Gasteiger partial charge in [-0.1, -0.05) is 12.8 Å². The van der Waals surface area contributed by atoms with Crippen LogP contribution in [0.15, 0.2) is 27.8 Å². The number of methoxy groups -OCH3 is 1. The first-order valence-corrected chi connectivity index (χ1v) is 10.1. The van der Waals surface area contributed by atoms with Gasteiger partial charge in [0.25, 0.3) is 0 Å². The van der Waals surface area contributed by atoms with Crippen LogP contribution in [0.2, 0.25) is 0 Å². The molecule has 1 aromatic rings. The fraction of sp³-hybridized carbons (Fsp3) is 0.750. The van der Waals surface area contributed by atoms with Crippen molar-refractivity contribution in [2.75, 3.05) is 39.9 Å². The lowest BCUT2D eigenvalue weighted by molar-refractivity contribution is 0.128. The molecular weight excluding hydrogens is 328 g/mol. The van der Waals surface area contributed by atoms with Gasteiger partial charge in [-0.2, -0.15) is 0 Å². The minimum Gasteiger partial charge on any atom is -0.469 e. The Morgan fingerprint density at radius 1 is 1.19 bits per heavy atom. The van der Waals surface area contributed by atoms with E-state index in [1.807, 2.05) is 12.1 Å². The lowest BCUT2D eigenvalue weighted by Crippen LogP contribution is -2.51. The maximum Gasteiger partial charge on any atom is 0.191 e. The Hall–Kier alpha value is -1.53. The molecule has 3 rings (SSSR count). The number of likely N-dealkylation sites (tertiary alicyclic amines) is 1. The summed E-state index contributed by atoms with van der Waals surface area (Å²) in [6, 6.07) is 5.03. The van der Waals surface area contributed by atoms with Crippen molar-refractivity contribution in [2.45, 2.75) is 57.0 Å². The van der Waals surface area contributed by atoms with E-state index in [0.717, 1.165) is 63.8 Å². The van der Waals surface area contributed by atoms with Gasteiger partial charge < -0.3 is 24.7 Å². The number of nitrogens with one attached hydrogen (secondary N) is 2. The van der Waals surface area contributed by atoms with Crippen molar-refractivity contribution in [3.05, 3.63) is 24.2 Å². The largest absolute Gasteiger partial charge is 0.469 e. The first kappa shape index (κ1) is 19.2. The monoisotopic (exact) mass is 362 g/mol. The van der Waals surface area contributed by atoms with Gasteiger partial charge in [-0.05, 0) is 37.8 Å². The highest BCUT2D eigenvalue weighted by Gasteiger charge is 2.22. The number of hydrogen-bond acceptors (Lipinski definition) is 4. The average Bonchev–Trinajstić information content (AvgIpc) is 3.35. The molecule has 1 aliphatic heterocycles. The molecule has 2 fully saturated rings. The first-order valence-electron chi connectivity index (χ1n) is 10.1. The highest BCUT2D eigenvalue weighted by Crippen LogP contribution is 2.18. The first-order chi connectivity index (χ1) is 12.8. The normalized spacial score (nSPS) is 20.6. The van der Waals surface area contributed by atoms with E-state index in [4.69, 9.17) is 14.1 Å². The number of guanidine groups is 1. The predicted molar refractivity (Wildman–Crippen MR) is 105 cm³/mol. The van der Waals surface area contributed by atoms with Crippen molar-refractivity contribution in [3.63, 3.8) is 0 Å². The Bertz CT molecular complexity index is 518. The summed E-state index contributed by atoms with van der Waals surface area (Å²) in [6.07, 6.45) is 10.1. The van der Waals surface area contributed by atoms with Crippen molar-refractivity contribution in [1.82, 2.24) is 15.5 Å². The molecule has 0 radical (unpaired) electrons. The van der Waals surface area contributed by atoms with Crippen molar-refractivity contribution in [2.24, 2.45) is 4.99 Å². The highest BCUT2D eigenvalue weighted by molar-refractivity contribution is 5.80. The number of aliphatic imine (C=N–C) groups is 1. The Kier molecular flexibility index (Phi) is 7.83. The molecule has 6 heteroatoms. The highest BCUT2D eigenvalue weighted by atomic mass is 16.5. The zero-order valence-electron chi connectivity index (χ0n) is 16.1. The molecule has 0 aromatic carbocycles. The molecule has 2 N–H and O–H groups in total. The second-order valence-electron chi connectivity index (χ2n) is 7.44. The molecule has 0 spiro atoms. The average molecular weight is 363 g/mol. The summed E-state index contributed by atoms with van der Waals surface area (Å²) in [5.41, 5.74) is 0. The molecule has 0 amide bonds. The van der Waals surface area contributed by atoms with Crippen LogP contribution in [0.3, 0.4) is 0 Å². The van der Waals surface area contributed by atoms with E-state index in [1.165, 1.54) is 25.7 Å². The summed E-state index contributed by atoms with van der Waals surface area (Å²) in [7, 11) is 1.77. The summed E-state index contributed by atoms with van der Waals surface area (Å²) < 4.78 is 10.6. The fourth-order valence-electron chi connectivity index (χ4n) is 3.84. The van der Waals surface area contributed by atoms with E-state index in [0.29, 0.717) is 12.1 Å². The number of ether oxygens (including phenoxy) is 1. The smallest absolute Gasteiger partial charge is 0.191 e. The quantitative estimate of drug-likeness (QED) is 0.549. The molecule has 0 unspecified atom stereocenters. The van der Waals surface area contributed by atoms with E-state index in [2.05, 4.69) is 15.5 Å².